The van der Waals surface area contributed by atoms with Crippen LogP contribution in [0.2, 0.25) is 0 Å². The number of hydrogen-bond donors (Lipinski definition) is 12. The highest BCUT2D eigenvalue weighted by Crippen LogP contribution is 2.43. The van der Waals surface area contributed by atoms with Gasteiger partial charge < -0.3 is 78.8 Å². The number of esters is 2. The van der Waals surface area contributed by atoms with Gasteiger partial charge in [-0.15, -0.1) is 0 Å². The monoisotopic (exact) mass is 1060 g/mol. The first-order valence-corrected chi connectivity index (χ1v) is 25.8. The van der Waals surface area contributed by atoms with Crippen molar-refractivity contribution in [1.82, 2.24) is 26.6 Å². The number of carboxylic acid groups (broad SMARTS) is 2. The first kappa shape index (κ1) is 65.8. The predicted octanol–water partition coefficient (Wildman–Crippen LogP) is -2.15. The fourth-order valence-corrected chi connectivity index (χ4v) is 7.18. The molecule has 0 aliphatic heterocycles. The van der Waals surface area contributed by atoms with E-state index in [1.54, 1.807) is 13.8 Å². The van der Waals surface area contributed by atoms with Crippen LogP contribution in [0.5, 0.6) is 0 Å². The maximum Gasteiger partial charge on any atom is 0.472 e. The third-order valence-electron chi connectivity index (χ3n) is 9.39. The van der Waals surface area contributed by atoms with Crippen LogP contribution in [0.3, 0.4) is 0 Å². The normalized spacial score (nSPS) is 14.4. The average Bonchev–Trinajstić information content (AvgIpc) is 3.30. The number of hydrogen-bond acceptors (Lipinski definition) is 19. The summed E-state index contributed by atoms with van der Waals surface area (Å²) in [6.45, 7) is 3.65. The van der Waals surface area contributed by atoms with Crippen molar-refractivity contribution in [2.24, 2.45) is 27.9 Å². The van der Waals surface area contributed by atoms with Gasteiger partial charge in [0.25, 0.3) is 0 Å². The molecule has 0 saturated heterocycles. The zero-order valence-electron chi connectivity index (χ0n) is 40.6. The Balaban J connectivity index is 5.18. The first-order chi connectivity index (χ1) is 33.5. The quantitative estimate of drug-likeness (QED) is 0.0102. The van der Waals surface area contributed by atoms with Gasteiger partial charge in [0.2, 0.25) is 29.5 Å². The van der Waals surface area contributed by atoms with Crippen LogP contribution in [0, 0.1) is 0 Å². The lowest BCUT2D eigenvalue weighted by Gasteiger charge is -2.26. The summed E-state index contributed by atoms with van der Waals surface area (Å²) in [6, 6.07) is -6.54. The second-order valence-electron chi connectivity index (χ2n) is 15.7. The molecule has 0 radical (unpaired) electrons. The van der Waals surface area contributed by atoms with Gasteiger partial charge in [0, 0.05) is 50.3 Å². The molecule has 30 heteroatoms. The number of carbonyl (C=O) groups excluding carboxylic acids is 7. The Bertz CT molecular complexity index is 1760. The Morgan fingerprint density at radius 3 is 1.90 bits per heavy atom. The molecule has 0 aromatic carbocycles. The second kappa shape index (κ2) is 38.5. The number of phosphoric acid groups is 1. The van der Waals surface area contributed by atoms with Gasteiger partial charge in [-0.25, -0.2) is 4.57 Å². The van der Waals surface area contributed by atoms with E-state index < -0.39 is 124 Å². The van der Waals surface area contributed by atoms with E-state index in [4.69, 9.17) is 46.2 Å². The Hall–Kier alpha value is -5.16. The van der Waals surface area contributed by atoms with E-state index in [-0.39, 0.29) is 89.7 Å². The molecule has 7 atom stereocenters. The van der Waals surface area contributed by atoms with Crippen molar-refractivity contribution < 1.29 is 86.1 Å². The Morgan fingerprint density at radius 2 is 1.31 bits per heavy atom. The number of thioether (sulfide) groups is 1. The molecule has 0 aromatic rings. The highest BCUT2D eigenvalue weighted by Gasteiger charge is 2.32. The smallest absolute Gasteiger partial charge is 0.472 e. The van der Waals surface area contributed by atoms with Crippen molar-refractivity contribution in [2.45, 2.75) is 134 Å². The molecule has 71 heavy (non-hydrogen) atoms. The molecule has 0 aliphatic carbocycles. The molecule has 0 fully saturated rings. The van der Waals surface area contributed by atoms with E-state index >= 15 is 0 Å². The molecule has 7 unspecified atom stereocenters. The number of aliphatic imine (C=N–C) groups is 1. The molecule has 408 valence electrons. The summed E-state index contributed by atoms with van der Waals surface area (Å²) in [4.78, 5) is 126. The van der Waals surface area contributed by atoms with Crippen LogP contribution in [0.1, 0.15) is 97.8 Å². The van der Waals surface area contributed by atoms with Gasteiger partial charge in [-0.2, -0.15) is 11.8 Å². The summed E-state index contributed by atoms with van der Waals surface area (Å²) < 4.78 is 37.8. The molecule has 0 aromatic heterocycles. The van der Waals surface area contributed by atoms with Crippen LogP contribution in [0.15, 0.2) is 4.99 Å². The predicted molar refractivity (Wildman–Crippen MR) is 257 cm³/mol. The summed E-state index contributed by atoms with van der Waals surface area (Å²) in [6.07, 6.45) is -0.0100. The molecule has 0 spiro atoms. The van der Waals surface area contributed by atoms with Crippen LogP contribution < -0.4 is 49.5 Å². The summed E-state index contributed by atoms with van der Waals surface area (Å²) in [5.41, 5.74) is 22.5. The highest BCUT2D eigenvalue weighted by atomic mass is 32.2. The number of carbonyl (C=O) groups is 9. The number of nitrogens with one attached hydrogen (secondary N) is 5. The summed E-state index contributed by atoms with van der Waals surface area (Å²) in [5.74, 6) is -7.45. The number of unbranched alkanes of at least 4 members (excludes halogenated alkanes) is 1. The third kappa shape index (κ3) is 34.0. The fourth-order valence-electron chi connectivity index (χ4n) is 5.62. The molecule has 0 heterocycles. The van der Waals surface area contributed by atoms with Gasteiger partial charge >= 0.3 is 31.7 Å². The maximum atomic E-state index is 13.7. The standard InChI is InChI=1S/C41H75N10O18PS/c1-4-9-34(55)66-23-27(69-35(56)10-5-2)24-68-70(63,64)67-20-18-46-32(52)15-19-65-21-22-71-25-28(43)36(57)49-30(12-8-17-47-41(44)45)38(59)51-31(13-14-33(53)54)39(60)50-29(11-6-7-16-42)37(58)48-26(3)40(61)62/h26-31H,4-25,42-43H2,1-3H3,(H,46,52)(H,48,58)(H,49,57)(H,50,60)(H,51,59)(H,53,54)(H,61,62)(H,63,64)(H4,44,45,47). The molecule has 0 aliphatic rings. The minimum Gasteiger partial charge on any atom is -0.481 e. The Kier molecular flexibility index (Phi) is 35.7. The van der Waals surface area contributed by atoms with Crippen LogP contribution in [0.25, 0.3) is 0 Å². The van der Waals surface area contributed by atoms with Gasteiger partial charge in [-0.1, -0.05) is 13.8 Å². The third-order valence-corrected chi connectivity index (χ3v) is 11.4. The topological polar surface area (TPSA) is 454 Å². The van der Waals surface area contributed by atoms with Crippen molar-refractivity contribution in [3.05, 3.63) is 0 Å². The van der Waals surface area contributed by atoms with E-state index in [9.17, 15) is 62.8 Å². The van der Waals surface area contributed by atoms with Crippen LogP contribution in [0.4, 0.5) is 0 Å². The molecular weight excluding hydrogens is 984 g/mol. The molecule has 5 amide bonds. The van der Waals surface area contributed by atoms with Crippen LogP contribution in [-0.4, -0.2) is 175 Å². The lowest BCUT2D eigenvalue weighted by molar-refractivity contribution is -0.161. The SMILES string of the molecule is CCCC(=O)OCC(COP(=O)(O)OCCNC(=O)CCOCCSCC(N)C(=O)NC(CCCN=C(N)N)C(=O)NC(CCC(=O)O)C(=O)NC(CCCCN)C(=O)NC(C)C(=O)O)OC(=O)CCC. The van der Waals surface area contributed by atoms with E-state index in [1.807, 2.05) is 0 Å². The fraction of sp³-hybridized carbons (Fsp3) is 0.756. The number of nitrogens with zero attached hydrogens (tertiary/aromatic N) is 1. The van der Waals surface area contributed by atoms with Gasteiger partial charge in [0.1, 0.15) is 30.8 Å². The molecule has 0 saturated carbocycles. The number of phosphoric ester groups is 1. The maximum absolute atomic E-state index is 13.7. The minimum atomic E-state index is -4.65. The van der Waals surface area contributed by atoms with E-state index in [0.29, 0.717) is 31.4 Å². The molecular formula is C41H75N10O18PS. The lowest BCUT2D eigenvalue weighted by Crippen LogP contribution is -2.58. The number of amides is 5. The minimum absolute atomic E-state index is 0.00342. The van der Waals surface area contributed by atoms with Crippen molar-refractivity contribution in [3.8, 4) is 0 Å². The number of ether oxygens (including phenoxy) is 3. The number of carboxylic acids is 2. The zero-order chi connectivity index (χ0) is 53.8. The van der Waals surface area contributed by atoms with Gasteiger partial charge in [-0.05, 0) is 64.8 Å². The number of guanidine groups is 1. The molecule has 16 N–H and O–H groups in total. The van der Waals surface area contributed by atoms with Gasteiger partial charge in [-0.3, -0.25) is 57.2 Å². The largest absolute Gasteiger partial charge is 0.481 e. The van der Waals surface area contributed by atoms with Crippen LogP contribution >= 0.6 is 19.6 Å². The lowest BCUT2D eigenvalue weighted by atomic mass is 10.0. The Morgan fingerprint density at radius 1 is 0.718 bits per heavy atom. The van der Waals surface area contributed by atoms with E-state index in [1.165, 1.54) is 18.7 Å². The first-order valence-electron chi connectivity index (χ1n) is 23.1. The highest BCUT2D eigenvalue weighted by molar-refractivity contribution is 7.99. The van der Waals surface area contributed by atoms with Crippen molar-refractivity contribution >= 4 is 79.0 Å². The van der Waals surface area contributed by atoms with Gasteiger partial charge in [0.15, 0.2) is 12.1 Å². The van der Waals surface area contributed by atoms with Crippen molar-refractivity contribution in [1.29, 1.82) is 0 Å². The molecule has 0 rings (SSSR count). The van der Waals surface area contributed by atoms with E-state index in [2.05, 4.69) is 31.6 Å². The van der Waals surface area contributed by atoms with Crippen LogP contribution in [-0.2, 0) is 71.0 Å². The van der Waals surface area contributed by atoms with Gasteiger partial charge in [0.05, 0.1) is 32.5 Å². The van der Waals surface area contributed by atoms with Crippen molar-refractivity contribution in [3.63, 3.8) is 0 Å². The zero-order valence-corrected chi connectivity index (χ0v) is 42.3. The number of rotatable bonds is 42. The molecule has 0 bridgehead atoms. The Labute approximate surface area is 416 Å². The number of nitrogens with two attached hydrogens (primary N) is 4. The second-order valence-corrected chi connectivity index (χ2v) is 18.3. The summed E-state index contributed by atoms with van der Waals surface area (Å²) >= 11 is 1.22. The summed E-state index contributed by atoms with van der Waals surface area (Å²) in [7, 11) is -4.65. The average molecular weight is 1060 g/mol. The van der Waals surface area contributed by atoms with E-state index in [0.717, 1.165) is 0 Å². The van der Waals surface area contributed by atoms with Crippen molar-refractivity contribution in [2.75, 3.05) is 64.2 Å². The number of aliphatic carboxylic acids is 2. The summed E-state index contributed by atoms with van der Waals surface area (Å²) in [5, 5.41) is 30.8. The molecule has 28 nitrogen and oxygen atoms in total.